The molecule has 0 bridgehead atoms. The highest BCUT2D eigenvalue weighted by atomic mass is 16.5. The normalized spacial score (nSPS) is 11.0. The first-order chi connectivity index (χ1) is 14.1. The van der Waals surface area contributed by atoms with Crippen LogP contribution in [-0.4, -0.2) is 30.9 Å². The molecule has 0 radical (unpaired) electrons. The molecular weight excluding hydrogens is 380 g/mol. The third kappa shape index (κ3) is 7.03. The lowest BCUT2D eigenvalue weighted by atomic mass is 9.87. The number of aryl methyl sites for hydroxylation is 2. The van der Waals surface area contributed by atoms with Gasteiger partial charge in [0, 0.05) is 17.8 Å². The molecule has 30 heavy (non-hydrogen) atoms. The van der Waals surface area contributed by atoms with Crippen molar-refractivity contribution in [3.8, 4) is 0 Å². The zero-order valence-electron chi connectivity index (χ0n) is 18.3. The number of carbonyl (C=O) groups excluding carboxylic acids is 3. The minimum absolute atomic E-state index is 0.0113. The monoisotopic (exact) mass is 410 g/mol. The number of ether oxygens (including phenoxy) is 1. The Hall–Kier alpha value is -3.15. The molecule has 2 N–H and O–H groups in total. The molecule has 0 saturated carbocycles. The Bertz CT molecular complexity index is 912. The Morgan fingerprint density at radius 3 is 2.23 bits per heavy atom. The number of benzene rings is 2. The molecule has 0 aliphatic rings. The second-order valence-electron chi connectivity index (χ2n) is 8.36. The summed E-state index contributed by atoms with van der Waals surface area (Å²) in [5.74, 6) is -1.21. The smallest absolute Gasteiger partial charge is 0.308 e. The maximum atomic E-state index is 12.2. The van der Waals surface area contributed by atoms with E-state index in [0.717, 1.165) is 16.7 Å². The molecule has 2 aromatic rings. The predicted octanol–water partition coefficient (Wildman–Crippen LogP) is 3.90. The van der Waals surface area contributed by atoms with Crippen LogP contribution in [0.2, 0.25) is 0 Å². The van der Waals surface area contributed by atoms with E-state index < -0.39 is 11.9 Å². The molecule has 0 aromatic heterocycles. The van der Waals surface area contributed by atoms with Crippen LogP contribution in [-0.2, 0) is 19.7 Å². The number of hydrogen-bond acceptors (Lipinski definition) is 4. The van der Waals surface area contributed by atoms with Crippen molar-refractivity contribution >= 4 is 23.5 Å². The predicted molar refractivity (Wildman–Crippen MR) is 118 cm³/mol. The zero-order chi connectivity index (χ0) is 22.3. The molecule has 0 saturated heterocycles. The first-order valence-electron chi connectivity index (χ1n) is 9.98. The van der Waals surface area contributed by atoms with Crippen LogP contribution in [0.25, 0.3) is 0 Å². The van der Waals surface area contributed by atoms with Crippen molar-refractivity contribution in [3.05, 3.63) is 64.7 Å². The summed E-state index contributed by atoms with van der Waals surface area (Å²) in [6.07, 6.45) is -0.0113. The Labute approximate surface area is 178 Å². The van der Waals surface area contributed by atoms with E-state index in [1.807, 2.05) is 44.2 Å². The van der Waals surface area contributed by atoms with Crippen LogP contribution >= 0.6 is 0 Å². The average molecular weight is 411 g/mol. The summed E-state index contributed by atoms with van der Waals surface area (Å²) < 4.78 is 4.98. The lowest BCUT2D eigenvalue weighted by molar-refractivity contribution is -0.147. The molecule has 0 fully saturated rings. The van der Waals surface area contributed by atoms with Gasteiger partial charge in [0.2, 0.25) is 0 Å². The molecule has 160 valence electrons. The number of carbonyl (C=O) groups is 3. The first-order valence-corrected chi connectivity index (χ1v) is 9.98. The van der Waals surface area contributed by atoms with Crippen molar-refractivity contribution in [3.63, 3.8) is 0 Å². The highest BCUT2D eigenvalue weighted by Gasteiger charge is 2.15. The van der Waals surface area contributed by atoms with Crippen LogP contribution < -0.4 is 10.6 Å². The maximum absolute atomic E-state index is 12.2. The molecule has 2 rings (SSSR count). The van der Waals surface area contributed by atoms with Crippen LogP contribution in [0.1, 0.15) is 54.2 Å². The fourth-order valence-electron chi connectivity index (χ4n) is 2.86. The summed E-state index contributed by atoms with van der Waals surface area (Å²) in [4.78, 5) is 36.0. The standard InChI is InChI=1S/C24H30N2O4/c1-16-6-11-20(17(2)14-16)26-21(27)15-30-22(28)12-13-25-23(29)18-7-9-19(10-8-18)24(3,4)5/h6-11,14H,12-13,15H2,1-5H3,(H,25,29)(H,26,27). The van der Waals surface area contributed by atoms with E-state index in [1.54, 1.807) is 12.1 Å². The van der Waals surface area contributed by atoms with Gasteiger partial charge in [-0.05, 0) is 48.6 Å². The van der Waals surface area contributed by atoms with Crippen molar-refractivity contribution in [1.82, 2.24) is 5.32 Å². The van der Waals surface area contributed by atoms with Gasteiger partial charge < -0.3 is 15.4 Å². The van der Waals surface area contributed by atoms with E-state index in [9.17, 15) is 14.4 Å². The fourth-order valence-corrected chi connectivity index (χ4v) is 2.86. The van der Waals surface area contributed by atoms with Crippen molar-refractivity contribution in [2.45, 2.75) is 46.5 Å². The van der Waals surface area contributed by atoms with Crippen molar-refractivity contribution in [1.29, 1.82) is 0 Å². The number of hydrogen-bond donors (Lipinski definition) is 2. The Balaban J connectivity index is 1.71. The molecule has 0 atom stereocenters. The van der Waals surface area contributed by atoms with E-state index in [1.165, 1.54) is 0 Å². The quantitative estimate of drug-likeness (QED) is 0.678. The molecule has 0 heterocycles. The highest BCUT2D eigenvalue weighted by Crippen LogP contribution is 2.22. The lowest BCUT2D eigenvalue weighted by Crippen LogP contribution is -2.28. The number of amides is 2. The van der Waals surface area contributed by atoms with Crippen LogP contribution in [0.3, 0.4) is 0 Å². The highest BCUT2D eigenvalue weighted by molar-refractivity contribution is 5.95. The van der Waals surface area contributed by atoms with Gasteiger partial charge in [0.15, 0.2) is 6.61 Å². The van der Waals surface area contributed by atoms with E-state index in [4.69, 9.17) is 4.74 Å². The van der Waals surface area contributed by atoms with Gasteiger partial charge in [-0.15, -0.1) is 0 Å². The van der Waals surface area contributed by atoms with Crippen LogP contribution in [0, 0.1) is 13.8 Å². The molecule has 2 amide bonds. The second kappa shape index (κ2) is 10.1. The van der Waals surface area contributed by atoms with Crippen LogP contribution in [0.15, 0.2) is 42.5 Å². The van der Waals surface area contributed by atoms with Gasteiger partial charge in [-0.1, -0.05) is 50.6 Å². The first kappa shape index (κ1) is 23.1. The molecule has 0 aliphatic heterocycles. The van der Waals surface area contributed by atoms with Crippen molar-refractivity contribution < 1.29 is 19.1 Å². The molecule has 0 aliphatic carbocycles. The van der Waals surface area contributed by atoms with Gasteiger partial charge in [-0.2, -0.15) is 0 Å². The van der Waals surface area contributed by atoms with Gasteiger partial charge >= 0.3 is 5.97 Å². The van der Waals surface area contributed by atoms with E-state index in [0.29, 0.717) is 11.3 Å². The van der Waals surface area contributed by atoms with Gasteiger partial charge in [-0.25, -0.2) is 0 Å². The lowest BCUT2D eigenvalue weighted by Gasteiger charge is -2.19. The van der Waals surface area contributed by atoms with E-state index in [2.05, 4.69) is 31.4 Å². The SMILES string of the molecule is Cc1ccc(NC(=O)COC(=O)CCNC(=O)c2ccc(C(C)(C)C)cc2)c(C)c1. The molecule has 6 nitrogen and oxygen atoms in total. The summed E-state index contributed by atoms with van der Waals surface area (Å²) in [5.41, 5.74) is 4.41. The van der Waals surface area contributed by atoms with Gasteiger partial charge in [0.05, 0.1) is 6.42 Å². The largest absolute Gasteiger partial charge is 0.456 e. The maximum Gasteiger partial charge on any atom is 0.308 e. The Morgan fingerprint density at radius 2 is 1.63 bits per heavy atom. The number of nitrogens with one attached hydrogen (secondary N) is 2. The van der Waals surface area contributed by atoms with Crippen LogP contribution in [0.5, 0.6) is 0 Å². The third-order valence-electron chi connectivity index (χ3n) is 4.65. The van der Waals surface area contributed by atoms with E-state index >= 15 is 0 Å². The molecule has 6 heteroatoms. The molecule has 0 spiro atoms. The summed E-state index contributed by atoms with van der Waals surface area (Å²) in [7, 11) is 0. The minimum atomic E-state index is -0.547. The second-order valence-corrected chi connectivity index (χ2v) is 8.36. The summed E-state index contributed by atoms with van der Waals surface area (Å²) in [5, 5.41) is 5.41. The zero-order valence-corrected chi connectivity index (χ0v) is 18.3. The minimum Gasteiger partial charge on any atom is -0.456 e. The molecule has 0 unspecified atom stereocenters. The van der Waals surface area contributed by atoms with Gasteiger partial charge in [0.25, 0.3) is 11.8 Å². The number of rotatable bonds is 7. The molecular formula is C24H30N2O4. The van der Waals surface area contributed by atoms with Crippen molar-refractivity contribution in [2.75, 3.05) is 18.5 Å². The fraction of sp³-hybridized carbons (Fsp3) is 0.375. The van der Waals surface area contributed by atoms with Gasteiger partial charge in [-0.3, -0.25) is 14.4 Å². The van der Waals surface area contributed by atoms with Gasteiger partial charge in [0.1, 0.15) is 0 Å². The Morgan fingerprint density at radius 1 is 0.967 bits per heavy atom. The van der Waals surface area contributed by atoms with Crippen molar-refractivity contribution in [2.24, 2.45) is 0 Å². The van der Waals surface area contributed by atoms with E-state index in [-0.39, 0.29) is 30.9 Å². The average Bonchev–Trinajstić information content (AvgIpc) is 2.68. The number of esters is 1. The topological polar surface area (TPSA) is 84.5 Å². The summed E-state index contributed by atoms with van der Waals surface area (Å²) in [6, 6.07) is 13.1. The number of anilines is 1. The molecule has 2 aromatic carbocycles. The third-order valence-corrected chi connectivity index (χ3v) is 4.65. The summed E-state index contributed by atoms with van der Waals surface area (Å²) in [6.45, 7) is 9.96. The summed E-state index contributed by atoms with van der Waals surface area (Å²) >= 11 is 0. The van der Waals surface area contributed by atoms with Crippen LogP contribution in [0.4, 0.5) is 5.69 Å². The Kier molecular flexibility index (Phi) is 7.75.